The first-order valence-corrected chi connectivity index (χ1v) is 9.89. The Hall–Kier alpha value is -3.11. The maximum atomic E-state index is 13.0. The van der Waals surface area contributed by atoms with E-state index >= 15 is 0 Å². The van der Waals surface area contributed by atoms with Crippen LogP contribution in [0.15, 0.2) is 57.9 Å². The second-order valence-corrected chi connectivity index (χ2v) is 8.19. The number of benzene rings is 2. The molecular formula is C20H19N3O3S. The van der Waals surface area contributed by atoms with Crippen molar-refractivity contribution >= 4 is 15.7 Å². The fraction of sp³-hybridized carbons (Fsp3) is 0.200. The van der Waals surface area contributed by atoms with Gasteiger partial charge in [0.25, 0.3) is 10.0 Å². The zero-order valence-corrected chi connectivity index (χ0v) is 16.0. The molecule has 138 valence electrons. The molecule has 3 aromatic rings. The molecule has 3 rings (SSSR count). The predicted molar refractivity (Wildman–Crippen MR) is 103 cm³/mol. The highest BCUT2D eigenvalue weighted by Crippen LogP contribution is 2.31. The molecule has 0 saturated carbocycles. The van der Waals surface area contributed by atoms with E-state index in [1.807, 2.05) is 26.0 Å². The first-order valence-electron chi connectivity index (χ1n) is 8.41. The van der Waals surface area contributed by atoms with Crippen molar-refractivity contribution in [3.05, 3.63) is 65.4 Å². The van der Waals surface area contributed by atoms with Gasteiger partial charge < -0.3 is 4.52 Å². The monoisotopic (exact) mass is 381 g/mol. The zero-order chi connectivity index (χ0) is 19.6. The molecule has 0 saturated heterocycles. The molecule has 0 amide bonds. The molecule has 0 fully saturated rings. The number of hydrogen-bond acceptors (Lipinski definition) is 5. The summed E-state index contributed by atoms with van der Waals surface area (Å²) in [6.07, 6.45) is 0. The molecule has 0 aliphatic carbocycles. The smallest absolute Gasteiger partial charge is 0.262 e. The van der Waals surface area contributed by atoms with Crippen molar-refractivity contribution in [2.45, 2.75) is 31.6 Å². The highest BCUT2D eigenvalue weighted by atomic mass is 32.2. The van der Waals surface area contributed by atoms with Gasteiger partial charge in [-0.05, 0) is 48.7 Å². The molecule has 1 heterocycles. The van der Waals surface area contributed by atoms with Crippen molar-refractivity contribution in [1.82, 2.24) is 5.16 Å². The highest BCUT2D eigenvalue weighted by Gasteiger charge is 2.22. The molecule has 0 aliphatic heterocycles. The zero-order valence-electron chi connectivity index (χ0n) is 15.2. The lowest BCUT2D eigenvalue weighted by molar-refractivity contribution is 0.427. The van der Waals surface area contributed by atoms with Gasteiger partial charge in [-0.25, -0.2) is 8.42 Å². The van der Waals surface area contributed by atoms with E-state index in [-0.39, 0.29) is 10.8 Å². The number of aryl methyl sites for hydroxylation is 1. The summed E-state index contributed by atoms with van der Waals surface area (Å²) in [6, 6.07) is 15.2. The van der Waals surface area contributed by atoms with Crippen LogP contribution in [0.25, 0.3) is 11.3 Å². The number of anilines is 1. The molecular weight excluding hydrogens is 362 g/mol. The number of rotatable bonds is 5. The highest BCUT2D eigenvalue weighted by molar-refractivity contribution is 7.92. The molecule has 1 aromatic heterocycles. The molecule has 6 nitrogen and oxygen atoms in total. The number of nitriles is 1. The summed E-state index contributed by atoms with van der Waals surface area (Å²) < 4.78 is 33.9. The van der Waals surface area contributed by atoms with Crippen molar-refractivity contribution in [1.29, 1.82) is 5.26 Å². The summed E-state index contributed by atoms with van der Waals surface area (Å²) >= 11 is 0. The van der Waals surface area contributed by atoms with Crippen LogP contribution >= 0.6 is 0 Å². The largest absolute Gasteiger partial charge is 0.356 e. The van der Waals surface area contributed by atoms with Crippen molar-refractivity contribution in [2.24, 2.45) is 0 Å². The molecule has 0 atom stereocenters. The first kappa shape index (κ1) is 18.7. The van der Waals surface area contributed by atoms with E-state index in [9.17, 15) is 8.42 Å². The lowest BCUT2D eigenvalue weighted by atomic mass is 10.0. The Labute approximate surface area is 158 Å². The Balaban J connectivity index is 2.04. The van der Waals surface area contributed by atoms with Crippen LogP contribution in [0.2, 0.25) is 0 Å². The summed E-state index contributed by atoms with van der Waals surface area (Å²) in [5.74, 6) is 0.528. The number of nitrogens with one attached hydrogen (secondary N) is 1. The van der Waals surface area contributed by atoms with Crippen LogP contribution in [0.1, 0.15) is 36.6 Å². The molecule has 0 aliphatic rings. The van der Waals surface area contributed by atoms with Crippen LogP contribution in [0.3, 0.4) is 0 Å². The summed E-state index contributed by atoms with van der Waals surface area (Å²) in [4.78, 5) is 0.188. The average Bonchev–Trinajstić information content (AvgIpc) is 3.08. The molecule has 1 N–H and O–H groups in total. The van der Waals surface area contributed by atoms with Gasteiger partial charge in [-0.2, -0.15) is 5.26 Å². The SMILES string of the molecule is Cc1cc(-c2ccc(C(C)C)c(S(=O)(=O)Nc3ccc(C#N)cc3)c2)on1. The van der Waals surface area contributed by atoms with Crippen LogP contribution in [0.5, 0.6) is 0 Å². The molecule has 27 heavy (non-hydrogen) atoms. The quantitative estimate of drug-likeness (QED) is 0.704. The Morgan fingerprint density at radius 1 is 1.11 bits per heavy atom. The van der Waals surface area contributed by atoms with Gasteiger partial charge in [0.15, 0.2) is 5.76 Å². The fourth-order valence-corrected chi connectivity index (χ4v) is 4.17. The van der Waals surface area contributed by atoms with Gasteiger partial charge in [-0.3, -0.25) is 4.72 Å². The Morgan fingerprint density at radius 3 is 2.37 bits per heavy atom. The maximum Gasteiger partial charge on any atom is 0.262 e. The van der Waals surface area contributed by atoms with Crippen LogP contribution in [-0.2, 0) is 10.0 Å². The second-order valence-electron chi connectivity index (χ2n) is 6.53. The minimum absolute atomic E-state index is 0.0167. The van der Waals surface area contributed by atoms with E-state index < -0.39 is 10.0 Å². The van der Waals surface area contributed by atoms with Gasteiger partial charge in [-0.15, -0.1) is 0 Å². The van der Waals surface area contributed by atoms with Gasteiger partial charge >= 0.3 is 0 Å². The van der Waals surface area contributed by atoms with Crippen molar-refractivity contribution in [3.8, 4) is 17.4 Å². The van der Waals surface area contributed by atoms with Crippen molar-refractivity contribution in [2.75, 3.05) is 4.72 Å². The molecule has 0 spiro atoms. The molecule has 0 unspecified atom stereocenters. The number of sulfonamides is 1. The molecule has 0 bridgehead atoms. The predicted octanol–water partition coefficient (Wildman–Crippen LogP) is 4.45. The topological polar surface area (TPSA) is 96.0 Å². The van der Waals surface area contributed by atoms with E-state index in [1.165, 1.54) is 0 Å². The Bertz CT molecular complexity index is 1110. The maximum absolute atomic E-state index is 13.0. The number of hydrogen-bond donors (Lipinski definition) is 1. The van der Waals surface area contributed by atoms with E-state index in [2.05, 4.69) is 9.88 Å². The summed E-state index contributed by atoms with van der Waals surface area (Å²) in [7, 11) is -3.83. The van der Waals surface area contributed by atoms with Crippen molar-refractivity contribution in [3.63, 3.8) is 0 Å². The number of nitrogens with zero attached hydrogens (tertiary/aromatic N) is 2. The lowest BCUT2D eigenvalue weighted by Gasteiger charge is -2.15. The summed E-state index contributed by atoms with van der Waals surface area (Å²) in [5.41, 5.74) is 2.92. The third kappa shape index (κ3) is 4.01. The van der Waals surface area contributed by atoms with Gasteiger partial charge in [0.05, 0.1) is 22.2 Å². The molecule has 7 heteroatoms. The summed E-state index contributed by atoms with van der Waals surface area (Å²) in [5, 5.41) is 12.7. The minimum atomic E-state index is -3.83. The Kier molecular flexibility index (Phi) is 5.02. The van der Waals surface area contributed by atoms with Crippen LogP contribution in [0.4, 0.5) is 5.69 Å². The second kappa shape index (κ2) is 7.25. The van der Waals surface area contributed by atoms with E-state index in [0.29, 0.717) is 28.1 Å². The fourth-order valence-electron chi connectivity index (χ4n) is 2.72. The summed E-state index contributed by atoms with van der Waals surface area (Å²) in [6.45, 7) is 5.68. The number of aromatic nitrogens is 1. The van der Waals surface area contributed by atoms with Gasteiger partial charge in [0.2, 0.25) is 0 Å². The van der Waals surface area contributed by atoms with Crippen LogP contribution in [-0.4, -0.2) is 13.6 Å². The molecule has 2 aromatic carbocycles. The van der Waals surface area contributed by atoms with Crippen molar-refractivity contribution < 1.29 is 12.9 Å². The standard InChI is InChI=1S/C20H19N3O3S/c1-13(2)18-9-6-16(19-10-14(3)22-26-19)11-20(18)27(24,25)23-17-7-4-15(12-21)5-8-17/h4-11,13,23H,1-3H3. The van der Waals surface area contributed by atoms with E-state index in [1.54, 1.807) is 49.4 Å². The van der Waals surface area contributed by atoms with Crippen LogP contribution in [0, 0.1) is 18.3 Å². The third-order valence-corrected chi connectivity index (χ3v) is 5.54. The van der Waals surface area contributed by atoms with Crippen LogP contribution < -0.4 is 4.72 Å². The third-order valence-electron chi connectivity index (χ3n) is 4.10. The van der Waals surface area contributed by atoms with Gasteiger partial charge in [0, 0.05) is 17.3 Å². The minimum Gasteiger partial charge on any atom is -0.356 e. The lowest BCUT2D eigenvalue weighted by Crippen LogP contribution is -2.15. The van der Waals surface area contributed by atoms with E-state index in [4.69, 9.17) is 9.78 Å². The normalized spacial score (nSPS) is 11.4. The van der Waals surface area contributed by atoms with E-state index in [0.717, 1.165) is 5.69 Å². The average molecular weight is 381 g/mol. The molecule has 0 radical (unpaired) electrons. The van der Waals surface area contributed by atoms with Gasteiger partial charge in [-0.1, -0.05) is 31.1 Å². The Morgan fingerprint density at radius 2 is 1.81 bits per heavy atom. The van der Waals surface area contributed by atoms with Gasteiger partial charge in [0.1, 0.15) is 0 Å². The first-order chi connectivity index (χ1) is 12.8.